The molecule has 6 nitrogen and oxygen atoms in total. The van der Waals surface area contributed by atoms with E-state index in [-0.39, 0.29) is 18.8 Å². The Hall–Kier alpha value is -1.70. The Morgan fingerprint density at radius 2 is 2.48 bits per heavy atom. The molecule has 25 heavy (non-hydrogen) atoms. The molecular weight excluding hydrogens is 338 g/mol. The van der Waals surface area contributed by atoms with E-state index < -0.39 is 0 Å². The minimum atomic E-state index is -0.280. The van der Waals surface area contributed by atoms with Crippen LogP contribution in [0.5, 0.6) is 0 Å². The summed E-state index contributed by atoms with van der Waals surface area (Å²) in [6.45, 7) is 6.77. The molecule has 136 valence electrons. The number of nitrogens with zero attached hydrogens (tertiary/aromatic N) is 2. The molecule has 0 aliphatic carbocycles. The molecule has 0 saturated carbocycles. The van der Waals surface area contributed by atoms with Gasteiger partial charge < -0.3 is 14.8 Å². The molecule has 2 heterocycles. The number of pyridine rings is 1. The highest BCUT2D eigenvalue weighted by Crippen LogP contribution is 2.14. The summed E-state index contributed by atoms with van der Waals surface area (Å²) in [5.41, 5.74) is 2.09. The van der Waals surface area contributed by atoms with Crippen LogP contribution in [-0.4, -0.2) is 42.1 Å². The molecule has 7 heteroatoms. The predicted molar refractivity (Wildman–Crippen MR) is 100 cm³/mol. The van der Waals surface area contributed by atoms with Crippen molar-refractivity contribution in [2.24, 2.45) is 4.99 Å². The number of aromatic nitrogens is 1. The molecular formula is C18H25N3O3S. The Labute approximate surface area is 153 Å². The maximum Gasteiger partial charge on any atom is 0.252 e. The first-order valence-electron chi connectivity index (χ1n) is 8.40. The maximum atomic E-state index is 12.1. The van der Waals surface area contributed by atoms with E-state index >= 15 is 0 Å². The van der Waals surface area contributed by atoms with E-state index in [4.69, 9.17) is 9.47 Å². The summed E-state index contributed by atoms with van der Waals surface area (Å²) in [6, 6.07) is 3.97. The number of hydrogen-bond acceptors (Lipinski definition) is 6. The van der Waals surface area contributed by atoms with Crippen LogP contribution in [0.3, 0.4) is 0 Å². The fraction of sp³-hybridized carbons (Fsp3) is 0.500. The summed E-state index contributed by atoms with van der Waals surface area (Å²) in [7, 11) is 0. The van der Waals surface area contributed by atoms with Crippen LogP contribution in [-0.2, 0) is 20.0 Å². The van der Waals surface area contributed by atoms with Crippen LogP contribution in [0, 0.1) is 6.92 Å². The van der Waals surface area contributed by atoms with Crippen molar-refractivity contribution in [1.82, 2.24) is 10.3 Å². The molecule has 1 aliphatic rings. The first-order valence-corrected chi connectivity index (χ1v) is 9.38. The number of aliphatic imine (C=N–C) groups is 1. The lowest BCUT2D eigenvalue weighted by molar-refractivity contribution is -0.169. The second-order valence-corrected chi connectivity index (χ2v) is 6.67. The SMILES string of the molecule is C=CCN=C(NC(=O)COC1CCCCO1)SCc1cc(C)ccn1. The van der Waals surface area contributed by atoms with Gasteiger partial charge in [0.15, 0.2) is 11.5 Å². The minimum Gasteiger partial charge on any atom is -0.353 e. The molecule has 0 radical (unpaired) electrons. The van der Waals surface area contributed by atoms with Crippen molar-refractivity contribution >= 4 is 22.8 Å². The van der Waals surface area contributed by atoms with E-state index in [0.717, 1.165) is 30.5 Å². The molecule has 1 amide bonds. The van der Waals surface area contributed by atoms with Gasteiger partial charge in [-0.25, -0.2) is 0 Å². The number of carbonyl (C=O) groups excluding carboxylic acids is 1. The molecule has 1 fully saturated rings. The van der Waals surface area contributed by atoms with Gasteiger partial charge in [0.2, 0.25) is 0 Å². The third-order valence-corrected chi connectivity index (χ3v) is 4.42. The van der Waals surface area contributed by atoms with Gasteiger partial charge in [-0.3, -0.25) is 14.8 Å². The van der Waals surface area contributed by atoms with E-state index in [9.17, 15) is 4.79 Å². The zero-order valence-corrected chi connectivity index (χ0v) is 15.4. The van der Waals surface area contributed by atoms with Crippen molar-refractivity contribution in [2.75, 3.05) is 19.8 Å². The first-order chi connectivity index (χ1) is 12.2. The van der Waals surface area contributed by atoms with Crippen LogP contribution in [0.4, 0.5) is 0 Å². The van der Waals surface area contributed by atoms with Crippen LogP contribution in [0.25, 0.3) is 0 Å². The smallest absolute Gasteiger partial charge is 0.252 e. The Balaban J connectivity index is 1.81. The number of carbonyl (C=O) groups is 1. The third-order valence-electron chi connectivity index (χ3n) is 3.48. The highest BCUT2D eigenvalue weighted by atomic mass is 32.2. The van der Waals surface area contributed by atoms with Gasteiger partial charge in [-0.2, -0.15) is 0 Å². The quantitative estimate of drug-likeness (QED) is 0.458. The number of hydrogen-bond donors (Lipinski definition) is 1. The van der Waals surface area contributed by atoms with E-state index in [2.05, 4.69) is 21.9 Å². The van der Waals surface area contributed by atoms with Crippen molar-refractivity contribution in [1.29, 1.82) is 0 Å². The molecule has 1 aromatic heterocycles. The van der Waals surface area contributed by atoms with Crippen LogP contribution in [0.2, 0.25) is 0 Å². The Morgan fingerprint density at radius 3 is 3.20 bits per heavy atom. The lowest BCUT2D eigenvalue weighted by Crippen LogP contribution is -2.34. The second kappa shape index (κ2) is 11.0. The van der Waals surface area contributed by atoms with E-state index in [1.165, 1.54) is 11.8 Å². The van der Waals surface area contributed by atoms with Gasteiger partial charge in [-0.15, -0.1) is 6.58 Å². The summed E-state index contributed by atoms with van der Waals surface area (Å²) in [5.74, 6) is 0.395. The molecule has 1 unspecified atom stereocenters. The molecule has 0 aromatic carbocycles. The number of amidine groups is 1. The van der Waals surface area contributed by atoms with E-state index in [1.807, 2.05) is 19.1 Å². The van der Waals surface area contributed by atoms with E-state index in [0.29, 0.717) is 24.1 Å². The van der Waals surface area contributed by atoms with Crippen molar-refractivity contribution < 1.29 is 14.3 Å². The fourth-order valence-electron chi connectivity index (χ4n) is 2.26. The zero-order valence-electron chi connectivity index (χ0n) is 14.6. The minimum absolute atomic E-state index is 0.0406. The van der Waals surface area contributed by atoms with E-state index in [1.54, 1.807) is 12.3 Å². The standard InChI is InChI=1S/C18H25N3O3S/c1-3-8-20-18(25-13-15-11-14(2)7-9-19-15)21-16(22)12-24-17-6-4-5-10-23-17/h3,7,9,11,17H,1,4-6,8,10,12-13H2,2H3,(H,20,21,22). The average Bonchev–Trinajstić information content (AvgIpc) is 2.63. The highest BCUT2D eigenvalue weighted by molar-refractivity contribution is 8.13. The number of thioether (sulfide) groups is 1. The Kier molecular flexibility index (Phi) is 8.65. The van der Waals surface area contributed by atoms with Crippen molar-refractivity contribution in [3.05, 3.63) is 42.2 Å². The van der Waals surface area contributed by atoms with Crippen LogP contribution < -0.4 is 5.32 Å². The summed E-state index contributed by atoms with van der Waals surface area (Å²) in [6.07, 6.45) is 6.13. The zero-order chi connectivity index (χ0) is 17.9. The molecule has 1 atom stereocenters. The van der Waals surface area contributed by atoms with Gasteiger partial charge >= 0.3 is 0 Å². The van der Waals surface area contributed by atoms with Crippen LogP contribution >= 0.6 is 11.8 Å². The predicted octanol–water partition coefficient (Wildman–Crippen LogP) is 2.82. The number of amides is 1. The highest BCUT2D eigenvalue weighted by Gasteiger charge is 2.16. The Bertz CT molecular complexity index is 601. The molecule has 1 N–H and O–H groups in total. The number of nitrogens with one attached hydrogen (secondary N) is 1. The normalized spacial score (nSPS) is 18.0. The topological polar surface area (TPSA) is 72.8 Å². The number of aryl methyl sites for hydroxylation is 1. The van der Waals surface area contributed by atoms with Gasteiger partial charge in [-0.1, -0.05) is 17.8 Å². The summed E-state index contributed by atoms with van der Waals surface area (Å²) < 4.78 is 11.0. The van der Waals surface area contributed by atoms with Crippen molar-refractivity contribution in [2.45, 2.75) is 38.2 Å². The molecule has 0 bridgehead atoms. The molecule has 2 rings (SSSR count). The monoisotopic (exact) mass is 363 g/mol. The first kappa shape index (κ1) is 19.6. The third kappa shape index (κ3) is 7.81. The molecule has 1 aliphatic heterocycles. The average molecular weight is 363 g/mol. The molecule has 0 spiro atoms. The summed E-state index contributed by atoms with van der Waals surface area (Å²) >= 11 is 1.43. The largest absolute Gasteiger partial charge is 0.353 e. The van der Waals surface area contributed by atoms with Crippen LogP contribution in [0.1, 0.15) is 30.5 Å². The molecule has 1 saturated heterocycles. The van der Waals surface area contributed by atoms with Gasteiger partial charge in [0.25, 0.3) is 5.91 Å². The Morgan fingerprint density at radius 1 is 1.60 bits per heavy atom. The van der Waals surface area contributed by atoms with Crippen molar-refractivity contribution in [3.8, 4) is 0 Å². The fourth-order valence-corrected chi connectivity index (χ4v) is 3.05. The maximum absolute atomic E-state index is 12.1. The second-order valence-electron chi connectivity index (χ2n) is 5.70. The number of ether oxygens (including phenoxy) is 2. The van der Waals surface area contributed by atoms with Gasteiger partial charge in [-0.05, 0) is 43.9 Å². The lowest BCUT2D eigenvalue weighted by atomic mass is 10.2. The van der Waals surface area contributed by atoms with Gasteiger partial charge in [0, 0.05) is 18.6 Å². The van der Waals surface area contributed by atoms with Gasteiger partial charge in [0.05, 0.1) is 12.2 Å². The number of rotatable bonds is 7. The lowest BCUT2D eigenvalue weighted by Gasteiger charge is -2.22. The van der Waals surface area contributed by atoms with Crippen molar-refractivity contribution in [3.63, 3.8) is 0 Å². The van der Waals surface area contributed by atoms with Gasteiger partial charge in [0.1, 0.15) is 6.61 Å². The molecule has 1 aromatic rings. The summed E-state index contributed by atoms with van der Waals surface area (Å²) in [5, 5.41) is 3.34. The van der Waals surface area contributed by atoms with Crippen LogP contribution in [0.15, 0.2) is 36.0 Å². The summed E-state index contributed by atoms with van der Waals surface area (Å²) in [4.78, 5) is 20.7.